The van der Waals surface area contributed by atoms with E-state index in [2.05, 4.69) is 147 Å². The molecular weight excluding hydrogens is 542 g/mol. The van der Waals surface area contributed by atoms with Crippen LogP contribution in [0.3, 0.4) is 0 Å². The molecule has 0 unspecified atom stereocenters. The minimum absolute atomic E-state index is 0.501. The Balaban J connectivity index is 1.43. The van der Waals surface area contributed by atoms with Crippen LogP contribution in [0.15, 0.2) is 115 Å². The maximum absolute atomic E-state index is 2.55. The van der Waals surface area contributed by atoms with Crippen molar-refractivity contribution < 1.29 is 0 Å². The quantitative estimate of drug-likeness (QED) is 0.195. The SMILES string of the molecule is CC(C)c1ccc2cc3c(cc2c1)c1cc(C2=C(c4ccccc4)CCC=C2)cc2c4cc5cc(C(C)C)ccc5cc4n3c12. The third-order valence-corrected chi connectivity index (χ3v) is 10.3. The van der Waals surface area contributed by atoms with E-state index in [1.54, 1.807) is 0 Å². The summed E-state index contributed by atoms with van der Waals surface area (Å²) in [5, 5.41) is 10.6. The third-order valence-electron chi connectivity index (χ3n) is 10.3. The summed E-state index contributed by atoms with van der Waals surface area (Å²) in [5.74, 6) is 1.00. The van der Waals surface area contributed by atoms with Gasteiger partial charge in [-0.25, -0.2) is 0 Å². The van der Waals surface area contributed by atoms with Crippen molar-refractivity contribution in [3.63, 3.8) is 0 Å². The van der Waals surface area contributed by atoms with Gasteiger partial charge in [0, 0.05) is 21.5 Å². The Morgan fingerprint density at radius 2 is 1.11 bits per heavy atom. The summed E-state index contributed by atoms with van der Waals surface area (Å²) in [6.07, 6.45) is 6.87. The lowest BCUT2D eigenvalue weighted by Crippen LogP contribution is -1.95. The highest BCUT2D eigenvalue weighted by molar-refractivity contribution is 6.27. The molecule has 6 aromatic carbocycles. The van der Waals surface area contributed by atoms with Crippen molar-refractivity contribution in [1.29, 1.82) is 0 Å². The number of rotatable bonds is 4. The zero-order valence-corrected chi connectivity index (χ0v) is 26.5. The van der Waals surface area contributed by atoms with Gasteiger partial charge in [-0.15, -0.1) is 0 Å². The second kappa shape index (κ2) is 9.81. The zero-order valence-electron chi connectivity index (χ0n) is 26.5. The highest BCUT2D eigenvalue weighted by Crippen LogP contribution is 2.45. The van der Waals surface area contributed by atoms with E-state index in [1.807, 2.05) is 0 Å². The molecule has 0 fully saturated rings. The number of hydrogen-bond acceptors (Lipinski definition) is 0. The number of hydrogen-bond donors (Lipinski definition) is 0. The van der Waals surface area contributed by atoms with Gasteiger partial charge in [0.2, 0.25) is 0 Å². The number of aromatic nitrogens is 1. The molecule has 0 N–H and O–H groups in total. The lowest BCUT2D eigenvalue weighted by molar-refractivity contribution is 0.869. The Bertz CT molecular complexity index is 2380. The van der Waals surface area contributed by atoms with E-state index < -0.39 is 0 Å². The zero-order chi connectivity index (χ0) is 30.4. The van der Waals surface area contributed by atoms with E-state index in [4.69, 9.17) is 0 Å². The van der Waals surface area contributed by atoms with Crippen LogP contribution in [0.2, 0.25) is 0 Å². The first-order valence-electron chi connectivity index (χ1n) is 16.5. The van der Waals surface area contributed by atoms with Gasteiger partial charge in [0.15, 0.2) is 0 Å². The first-order valence-corrected chi connectivity index (χ1v) is 16.5. The molecule has 8 aromatic rings. The second-order valence-electron chi connectivity index (χ2n) is 13.7. The standard InChI is InChI=1S/C44H37N/c1-26(2)29-14-16-31-24-42-38(20-33(31)18-29)40-22-35(37-13-9-8-12-36(37)28-10-6-5-7-11-28)23-41-39-21-34-19-30(27(3)4)15-17-32(34)25-43(39)45(42)44(40)41/h5-7,9-11,13-27H,8,12H2,1-4H3. The maximum Gasteiger partial charge on any atom is 0.0620 e. The van der Waals surface area contributed by atoms with Crippen LogP contribution < -0.4 is 0 Å². The minimum Gasteiger partial charge on any atom is -0.308 e. The Morgan fingerprint density at radius 3 is 1.67 bits per heavy atom. The summed E-state index contributed by atoms with van der Waals surface area (Å²) >= 11 is 0. The molecule has 0 amide bonds. The monoisotopic (exact) mass is 579 g/mol. The summed E-state index contributed by atoms with van der Waals surface area (Å²) < 4.78 is 2.55. The summed E-state index contributed by atoms with van der Waals surface area (Å²) in [5.41, 5.74) is 12.1. The highest BCUT2D eigenvalue weighted by Gasteiger charge is 2.22. The molecule has 1 heteroatoms. The largest absolute Gasteiger partial charge is 0.308 e. The molecular formula is C44H37N. The first kappa shape index (κ1) is 26.5. The first-order chi connectivity index (χ1) is 21.9. The summed E-state index contributed by atoms with van der Waals surface area (Å²) in [7, 11) is 0. The molecule has 1 aliphatic carbocycles. The molecule has 45 heavy (non-hydrogen) atoms. The van der Waals surface area contributed by atoms with Gasteiger partial charge in [-0.2, -0.15) is 0 Å². The average molecular weight is 580 g/mol. The normalized spacial score (nSPS) is 14.3. The number of allylic oxidation sites excluding steroid dienone is 4. The fraction of sp³-hybridized carbons (Fsp3) is 0.182. The van der Waals surface area contributed by atoms with Crippen molar-refractivity contribution in [2.24, 2.45) is 0 Å². The van der Waals surface area contributed by atoms with Gasteiger partial charge < -0.3 is 4.40 Å². The molecule has 0 atom stereocenters. The van der Waals surface area contributed by atoms with Crippen molar-refractivity contribution in [3.05, 3.63) is 138 Å². The van der Waals surface area contributed by atoms with Gasteiger partial charge in [-0.3, -0.25) is 0 Å². The van der Waals surface area contributed by atoms with Gasteiger partial charge in [0.05, 0.1) is 16.6 Å². The average Bonchev–Trinajstić information content (AvgIpc) is 3.56. The maximum atomic E-state index is 2.55. The molecule has 218 valence electrons. The molecule has 0 aliphatic heterocycles. The molecule has 0 spiro atoms. The number of benzene rings is 6. The Labute approximate surface area is 264 Å². The number of nitrogens with zero attached hydrogens (tertiary/aromatic N) is 1. The van der Waals surface area contributed by atoms with Gasteiger partial charge in [0.1, 0.15) is 0 Å². The topological polar surface area (TPSA) is 4.41 Å². The number of fused-ring (bicyclic) bond motifs is 8. The fourth-order valence-electron chi connectivity index (χ4n) is 7.81. The molecule has 1 aliphatic rings. The summed E-state index contributed by atoms with van der Waals surface area (Å²) in [6.45, 7) is 9.13. The van der Waals surface area contributed by atoms with Crippen LogP contribution in [0.1, 0.15) is 74.6 Å². The smallest absolute Gasteiger partial charge is 0.0620 e. The molecule has 0 saturated heterocycles. The molecule has 2 aromatic heterocycles. The predicted octanol–water partition coefficient (Wildman–Crippen LogP) is 12.7. The van der Waals surface area contributed by atoms with Crippen LogP contribution in [-0.4, -0.2) is 4.40 Å². The molecule has 0 saturated carbocycles. The second-order valence-corrected chi connectivity index (χ2v) is 13.7. The van der Waals surface area contributed by atoms with E-state index in [1.165, 1.54) is 93.0 Å². The van der Waals surface area contributed by atoms with E-state index in [0.29, 0.717) is 11.8 Å². The highest BCUT2D eigenvalue weighted by atomic mass is 14.9. The molecule has 0 bridgehead atoms. The van der Waals surface area contributed by atoms with E-state index in [-0.39, 0.29) is 0 Å². The Kier molecular flexibility index (Phi) is 5.78. The van der Waals surface area contributed by atoms with Crippen molar-refractivity contribution in [3.8, 4) is 0 Å². The van der Waals surface area contributed by atoms with Crippen LogP contribution in [0.4, 0.5) is 0 Å². The fourth-order valence-corrected chi connectivity index (χ4v) is 7.81. The van der Waals surface area contributed by atoms with Crippen LogP contribution in [-0.2, 0) is 0 Å². The minimum atomic E-state index is 0.501. The summed E-state index contributed by atoms with van der Waals surface area (Å²) in [4.78, 5) is 0. The molecule has 1 nitrogen and oxygen atoms in total. The molecule has 2 heterocycles. The van der Waals surface area contributed by atoms with E-state index in [0.717, 1.165) is 12.8 Å². The van der Waals surface area contributed by atoms with Crippen molar-refractivity contribution >= 4 is 70.8 Å². The molecule has 0 radical (unpaired) electrons. The van der Waals surface area contributed by atoms with Crippen LogP contribution in [0.25, 0.3) is 70.8 Å². The lowest BCUT2D eigenvalue weighted by Gasteiger charge is -2.17. The van der Waals surface area contributed by atoms with Crippen molar-refractivity contribution in [2.75, 3.05) is 0 Å². The van der Waals surface area contributed by atoms with Crippen LogP contribution >= 0.6 is 0 Å². The van der Waals surface area contributed by atoms with Crippen molar-refractivity contribution in [2.45, 2.75) is 52.4 Å². The van der Waals surface area contributed by atoms with E-state index in [9.17, 15) is 0 Å². The Hall–Kier alpha value is -4.88. The van der Waals surface area contributed by atoms with Gasteiger partial charge in [-0.05, 0) is 116 Å². The Morgan fingerprint density at radius 1 is 0.533 bits per heavy atom. The van der Waals surface area contributed by atoms with Crippen molar-refractivity contribution in [1.82, 2.24) is 4.40 Å². The van der Waals surface area contributed by atoms with E-state index >= 15 is 0 Å². The van der Waals surface area contributed by atoms with Gasteiger partial charge >= 0.3 is 0 Å². The predicted molar refractivity (Wildman–Crippen MR) is 196 cm³/mol. The van der Waals surface area contributed by atoms with Crippen LogP contribution in [0.5, 0.6) is 0 Å². The molecule has 9 rings (SSSR count). The summed E-state index contributed by atoms with van der Waals surface area (Å²) in [6, 6.07) is 39.7. The van der Waals surface area contributed by atoms with Crippen LogP contribution in [0, 0.1) is 0 Å². The third kappa shape index (κ3) is 4.00. The van der Waals surface area contributed by atoms with Gasteiger partial charge in [0.25, 0.3) is 0 Å². The van der Waals surface area contributed by atoms with Gasteiger partial charge in [-0.1, -0.05) is 107 Å². The lowest BCUT2D eigenvalue weighted by atomic mass is 9.87.